The van der Waals surface area contributed by atoms with Crippen molar-refractivity contribution in [3.05, 3.63) is 42.1 Å². The van der Waals surface area contributed by atoms with Crippen LogP contribution in [0.5, 0.6) is 11.5 Å². The molecule has 1 aromatic carbocycles. The van der Waals surface area contributed by atoms with Crippen molar-refractivity contribution in [2.24, 2.45) is 0 Å². The van der Waals surface area contributed by atoms with Crippen LogP contribution < -0.4 is 9.47 Å². The summed E-state index contributed by atoms with van der Waals surface area (Å²) in [7, 11) is 0. The molecule has 7 heteroatoms. The van der Waals surface area contributed by atoms with Gasteiger partial charge in [-0.05, 0) is 17.7 Å². The highest BCUT2D eigenvalue weighted by Crippen LogP contribution is 2.32. The number of carbonyl (C=O) groups excluding carboxylic acids is 1. The molecule has 132 valence electrons. The van der Waals surface area contributed by atoms with Crippen LogP contribution in [0.15, 0.2) is 35.3 Å². The van der Waals surface area contributed by atoms with E-state index in [1.807, 2.05) is 17.0 Å². The fourth-order valence-corrected chi connectivity index (χ4v) is 3.21. The fraction of sp³-hybridized carbons (Fsp3) is 0.444. The Morgan fingerprint density at radius 1 is 1.12 bits per heavy atom. The highest BCUT2D eigenvalue weighted by molar-refractivity contribution is 5.76. The normalized spacial score (nSPS) is 17.0. The minimum atomic E-state index is 0.186. The Morgan fingerprint density at radius 3 is 2.76 bits per heavy atom. The van der Waals surface area contributed by atoms with Gasteiger partial charge in [0, 0.05) is 45.6 Å². The van der Waals surface area contributed by atoms with Gasteiger partial charge in [-0.1, -0.05) is 6.07 Å². The fourth-order valence-electron chi connectivity index (χ4n) is 3.21. The van der Waals surface area contributed by atoms with Crippen molar-refractivity contribution in [1.82, 2.24) is 14.8 Å². The third-order valence-corrected chi connectivity index (χ3v) is 4.65. The van der Waals surface area contributed by atoms with Gasteiger partial charge >= 0.3 is 0 Å². The number of hydrogen-bond donors (Lipinski definition) is 0. The molecule has 0 spiro atoms. The number of amides is 1. The zero-order chi connectivity index (χ0) is 17.1. The van der Waals surface area contributed by atoms with Crippen LogP contribution in [0.4, 0.5) is 0 Å². The predicted octanol–water partition coefficient (Wildman–Crippen LogP) is 1.68. The van der Waals surface area contributed by atoms with Crippen LogP contribution in [0.1, 0.15) is 17.7 Å². The molecule has 0 atom stereocenters. The maximum atomic E-state index is 12.3. The molecule has 1 fully saturated rings. The smallest absolute Gasteiger partial charge is 0.231 e. The lowest BCUT2D eigenvalue weighted by molar-refractivity contribution is -0.133. The Morgan fingerprint density at radius 2 is 1.96 bits per heavy atom. The van der Waals surface area contributed by atoms with Gasteiger partial charge in [0.2, 0.25) is 12.7 Å². The van der Waals surface area contributed by atoms with Crippen molar-refractivity contribution in [2.75, 3.05) is 33.0 Å². The Labute approximate surface area is 146 Å². The maximum absolute atomic E-state index is 12.3. The first kappa shape index (κ1) is 16.0. The molecule has 0 N–H and O–H groups in total. The van der Waals surface area contributed by atoms with Crippen molar-refractivity contribution < 1.29 is 18.7 Å². The lowest BCUT2D eigenvalue weighted by Gasteiger charge is -2.34. The summed E-state index contributed by atoms with van der Waals surface area (Å²) in [6.07, 6.45) is 4.10. The first-order valence-corrected chi connectivity index (χ1v) is 8.54. The van der Waals surface area contributed by atoms with Gasteiger partial charge in [0.1, 0.15) is 6.26 Å². The van der Waals surface area contributed by atoms with Crippen LogP contribution in [-0.2, 0) is 17.8 Å². The number of hydrogen-bond acceptors (Lipinski definition) is 6. The van der Waals surface area contributed by atoms with Crippen LogP contribution in [-0.4, -0.2) is 53.7 Å². The standard InChI is InChI=1S/C18H21N3O4/c22-18(4-2-15-11-23-12-19-15)21-7-5-20(6-8-21)10-14-1-3-16-17(9-14)25-13-24-16/h1,3,9,11-12H,2,4-8,10,13H2. The van der Waals surface area contributed by atoms with Gasteiger partial charge in [-0.2, -0.15) is 0 Å². The molecule has 0 bridgehead atoms. The van der Waals surface area contributed by atoms with Crippen LogP contribution in [0.3, 0.4) is 0 Å². The van der Waals surface area contributed by atoms with Crippen LogP contribution >= 0.6 is 0 Å². The van der Waals surface area contributed by atoms with Crippen molar-refractivity contribution in [3.8, 4) is 11.5 Å². The molecule has 2 aromatic rings. The zero-order valence-corrected chi connectivity index (χ0v) is 14.0. The molecular formula is C18H21N3O4. The number of fused-ring (bicyclic) bond motifs is 1. The summed E-state index contributed by atoms with van der Waals surface area (Å²) >= 11 is 0. The number of rotatable bonds is 5. The number of aromatic nitrogens is 1. The van der Waals surface area contributed by atoms with E-state index in [1.54, 1.807) is 6.26 Å². The molecule has 25 heavy (non-hydrogen) atoms. The maximum Gasteiger partial charge on any atom is 0.231 e. The van der Waals surface area contributed by atoms with E-state index in [-0.39, 0.29) is 5.91 Å². The minimum absolute atomic E-state index is 0.186. The Bertz CT molecular complexity index is 724. The Kier molecular flexibility index (Phi) is 4.56. The Hall–Kier alpha value is -2.54. The molecule has 7 nitrogen and oxygen atoms in total. The average molecular weight is 343 g/mol. The highest BCUT2D eigenvalue weighted by atomic mass is 16.7. The zero-order valence-electron chi connectivity index (χ0n) is 14.0. The molecule has 0 unspecified atom stereocenters. The van der Waals surface area contributed by atoms with Crippen LogP contribution in [0.2, 0.25) is 0 Å². The number of oxazole rings is 1. The summed E-state index contributed by atoms with van der Waals surface area (Å²) in [5.41, 5.74) is 2.03. The van der Waals surface area contributed by atoms with Crippen molar-refractivity contribution >= 4 is 5.91 Å². The van der Waals surface area contributed by atoms with Gasteiger partial charge in [0.25, 0.3) is 0 Å². The summed E-state index contributed by atoms with van der Waals surface area (Å²) in [6, 6.07) is 6.07. The average Bonchev–Trinajstić information content (AvgIpc) is 3.31. The molecule has 4 rings (SSSR count). The summed E-state index contributed by atoms with van der Waals surface area (Å²) in [6.45, 7) is 4.45. The lowest BCUT2D eigenvalue weighted by Crippen LogP contribution is -2.48. The number of piperazine rings is 1. The van der Waals surface area contributed by atoms with Crippen molar-refractivity contribution in [3.63, 3.8) is 0 Å². The van der Waals surface area contributed by atoms with Gasteiger partial charge in [0.15, 0.2) is 17.9 Å². The second-order valence-electron chi connectivity index (χ2n) is 6.32. The lowest BCUT2D eigenvalue weighted by atomic mass is 10.1. The van der Waals surface area contributed by atoms with Gasteiger partial charge < -0.3 is 18.8 Å². The SMILES string of the molecule is O=C(CCc1cocn1)N1CCN(Cc2ccc3c(c2)OCO3)CC1. The molecule has 0 saturated carbocycles. The predicted molar refractivity (Wildman–Crippen MR) is 89.2 cm³/mol. The topological polar surface area (TPSA) is 68.0 Å². The van der Waals surface area contributed by atoms with E-state index in [2.05, 4.69) is 16.0 Å². The third kappa shape index (κ3) is 3.76. The molecule has 2 aliphatic heterocycles. The molecule has 3 heterocycles. The summed E-state index contributed by atoms with van der Waals surface area (Å²) < 4.78 is 15.7. The number of benzene rings is 1. The quantitative estimate of drug-likeness (QED) is 0.823. The second kappa shape index (κ2) is 7.14. The second-order valence-corrected chi connectivity index (χ2v) is 6.32. The number of aryl methyl sites for hydroxylation is 1. The molecule has 0 aliphatic carbocycles. The van der Waals surface area contributed by atoms with Gasteiger partial charge in [-0.25, -0.2) is 4.98 Å². The van der Waals surface area contributed by atoms with E-state index in [1.165, 1.54) is 12.0 Å². The molecule has 0 radical (unpaired) electrons. The van der Waals surface area contributed by atoms with E-state index < -0.39 is 0 Å². The van der Waals surface area contributed by atoms with Gasteiger partial charge in [-0.15, -0.1) is 0 Å². The highest BCUT2D eigenvalue weighted by Gasteiger charge is 2.22. The largest absolute Gasteiger partial charge is 0.454 e. The monoisotopic (exact) mass is 343 g/mol. The van der Waals surface area contributed by atoms with Crippen LogP contribution in [0.25, 0.3) is 0 Å². The summed E-state index contributed by atoms with van der Waals surface area (Å²) in [5.74, 6) is 1.82. The number of carbonyl (C=O) groups is 1. The minimum Gasteiger partial charge on any atom is -0.454 e. The third-order valence-electron chi connectivity index (χ3n) is 4.65. The van der Waals surface area contributed by atoms with E-state index in [4.69, 9.17) is 13.9 Å². The summed E-state index contributed by atoms with van der Waals surface area (Å²) in [5, 5.41) is 0. The van der Waals surface area contributed by atoms with Gasteiger partial charge in [-0.3, -0.25) is 9.69 Å². The van der Waals surface area contributed by atoms with Crippen LogP contribution in [0, 0.1) is 0 Å². The first-order chi connectivity index (χ1) is 12.3. The molecule has 1 aromatic heterocycles. The van der Waals surface area contributed by atoms with Gasteiger partial charge in [0.05, 0.1) is 5.69 Å². The molecule has 1 saturated heterocycles. The van der Waals surface area contributed by atoms with E-state index in [0.717, 1.165) is 49.9 Å². The Balaban J connectivity index is 1.24. The van der Waals surface area contributed by atoms with E-state index in [9.17, 15) is 4.79 Å². The molecule has 2 aliphatic rings. The molecular weight excluding hydrogens is 322 g/mol. The number of nitrogens with zero attached hydrogens (tertiary/aromatic N) is 3. The van der Waals surface area contributed by atoms with Crippen molar-refractivity contribution in [1.29, 1.82) is 0 Å². The molecule has 1 amide bonds. The van der Waals surface area contributed by atoms with E-state index >= 15 is 0 Å². The number of ether oxygens (including phenoxy) is 2. The summed E-state index contributed by atoms with van der Waals surface area (Å²) in [4.78, 5) is 20.7. The first-order valence-electron chi connectivity index (χ1n) is 8.54. The van der Waals surface area contributed by atoms with E-state index in [0.29, 0.717) is 19.6 Å². The van der Waals surface area contributed by atoms with Crippen molar-refractivity contribution in [2.45, 2.75) is 19.4 Å².